The Balaban J connectivity index is 2.31. The van der Waals surface area contributed by atoms with Crippen LogP contribution in [0.2, 0.25) is 10.2 Å². The summed E-state index contributed by atoms with van der Waals surface area (Å²) in [7, 11) is 0. The number of aromatic nitrogens is 1. The molecular formula is C13H7Cl2FN2O3. The second-order valence-electron chi connectivity index (χ2n) is 3.95. The van der Waals surface area contributed by atoms with Crippen molar-refractivity contribution in [3.63, 3.8) is 0 Å². The number of nitrogens with one attached hydrogen (secondary N) is 1. The second kappa shape index (κ2) is 6.07. The molecule has 0 spiro atoms. The van der Waals surface area contributed by atoms with Crippen molar-refractivity contribution in [3.05, 3.63) is 57.6 Å². The topological polar surface area (TPSA) is 79.3 Å². The molecule has 1 aromatic heterocycles. The maximum Gasteiger partial charge on any atom is 0.337 e. The van der Waals surface area contributed by atoms with Crippen LogP contribution in [0.1, 0.15) is 20.7 Å². The molecule has 0 bridgehead atoms. The van der Waals surface area contributed by atoms with E-state index in [2.05, 4.69) is 10.3 Å². The molecule has 0 aliphatic rings. The predicted molar refractivity (Wildman–Crippen MR) is 75.6 cm³/mol. The van der Waals surface area contributed by atoms with Crippen LogP contribution in [0.5, 0.6) is 0 Å². The van der Waals surface area contributed by atoms with Crippen molar-refractivity contribution in [2.75, 3.05) is 5.32 Å². The highest BCUT2D eigenvalue weighted by atomic mass is 35.5. The molecule has 1 amide bonds. The summed E-state index contributed by atoms with van der Waals surface area (Å²) in [5.74, 6) is -2.73. The SMILES string of the molecule is O=C(Nc1ccc(F)cc1C(=O)O)c1cnc(Cl)c(Cl)c1. The lowest BCUT2D eigenvalue weighted by Gasteiger charge is -2.09. The van der Waals surface area contributed by atoms with Crippen molar-refractivity contribution < 1.29 is 19.1 Å². The minimum absolute atomic E-state index is 0.0417. The van der Waals surface area contributed by atoms with Gasteiger partial charge >= 0.3 is 5.97 Å². The molecule has 8 heteroatoms. The van der Waals surface area contributed by atoms with Crippen molar-refractivity contribution in [1.82, 2.24) is 4.98 Å². The van der Waals surface area contributed by atoms with Crippen molar-refractivity contribution in [1.29, 1.82) is 0 Å². The smallest absolute Gasteiger partial charge is 0.337 e. The highest BCUT2D eigenvalue weighted by molar-refractivity contribution is 6.41. The van der Waals surface area contributed by atoms with Gasteiger partial charge in [-0.05, 0) is 24.3 Å². The van der Waals surface area contributed by atoms with E-state index < -0.39 is 17.7 Å². The standard InChI is InChI=1S/C13H7Cl2FN2O3/c14-9-3-6(5-17-11(9)15)12(19)18-10-2-1-7(16)4-8(10)13(20)21/h1-5H,(H,18,19)(H,20,21). The molecule has 2 rings (SSSR count). The second-order valence-corrected chi connectivity index (χ2v) is 4.71. The Kier molecular flexibility index (Phi) is 4.40. The summed E-state index contributed by atoms with van der Waals surface area (Å²) in [5.41, 5.74) is -0.318. The van der Waals surface area contributed by atoms with Crippen molar-refractivity contribution in [2.24, 2.45) is 0 Å². The summed E-state index contributed by atoms with van der Waals surface area (Å²) >= 11 is 11.4. The lowest BCUT2D eigenvalue weighted by molar-refractivity contribution is 0.0697. The fourth-order valence-corrected chi connectivity index (χ4v) is 1.81. The maximum atomic E-state index is 13.0. The molecule has 108 valence electrons. The molecule has 5 nitrogen and oxygen atoms in total. The quantitative estimate of drug-likeness (QED) is 0.845. The minimum Gasteiger partial charge on any atom is -0.478 e. The Morgan fingerprint density at radius 3 is 2.57 bits per heavy atom. The molecule has 21 heavy (non-hydrogen) atoms. The molecule has 1 aromatic carbocycles. The molecule has 2 aromatic rings. The molecule has 0 saturated carbocycles. The van der Waals surface area contributed by atoms with Gasteiger partial charge in [0.05, 0.1) is 21.8 Å². The third kappa shape index (κ3) is 3.48. The number of hydrogen-bond acceptors (Lipinski definition) is 3. The third-order valence-electron chi connectivity index (χ3n) is 2.52. The first-order valence-electron chi connectivity index (χ1n) is 5.53. The highest BCUT2D eigenvalue weighted by Crippen LogP contribution is 2.22. The van der Waals surface area contributed by atoms with Crippen molar-refractivity contribution >= 4 is 40.8 Å². The van der Waals surface area contributed by atoms with E-state index in [1.807, 2.05) is 0 Å². The number of benzene rings is 1. The number of carboxylic acids is 1. The van der Waals surface area contributed by atoms with Gasteiger partial charge in [0, 0.05) is 6.20 Å². The van der Waals surface area contributed by atoms with Gasteiger partial charge in [-0.3, -0.25) is 4.79 Å². The number of carboxylic acid groups (broad SMARTS) is 1. The van der Waals surface area contributed by atoms with E-state index in [4.69, 9.17) is 28.3 Å². The lowest BCUT2D eigenvalue weighted by Crippen LogP contribution is -2.15. The average molecular weight is 329 g/mol. The molecule has 0 radical (unpaired) electrons. The third-order valence-corrected chi connectivity index (χ3v) is 3.20. The van der Waals surface area contributed by atoms with Crippen LogP contribution in [0.15, 0.2) is 30.5 Å². The number of rotatable bonds is 3. The van der Waals surface area contributed by atoms with Gasteiger partial charge in [0.1, 0.15) is 11.0 Å². The molecule has 0 aliphatic carbocycles. The molecule has 0 atom stereocenters. The van der Waals surface area contributed by atoms with Crippen LogP contribution in [-0.4, -0.2) is 22.0 Å². The summed E-state index contributed by atoms with van der Waals surface area (Å²) in [6, 6.07) is 4.29. The number of nitrogens with zero attached hydrogens (tertiary/aromatic N) is 1. The summed E-state index contributed by atoms with van der Waals surface area (Å²) < 4.78 is 13.0. The van der Waals surface area contributed by atoms with Crippen LogP contribution in [0.25, 0.3) is 0 Å². The summed E-state index contributed by atoms with van der Waals surface area (Å²) in [5, 5.41) is 11.5. The van der Waals surface area contributed by atoms with Crippen LogP contribution in [0, 0.1) is 5.82 Å². The Bertz CT molecular complexity index is 737. The van der Waals surface area contributed by atoms with Gasteiger partial charge in [0.2, 0.25) is 0 Å². The van der Waals surface area contributed by atoms with Crippen LogP contribution >= 0.6 is 23.2 Å². The van der Waals surface area contributed by atoms with E-state index in [1.54, 1.807) is 0 Å². The molecule has 0 unspecified atom stereocenters. The van der Waals surface area contributed by atoms with Crippen LogP contribution in [0.4, 0.5) is 10.1 Å². The van der Waals surface area contributed by atoms with E-state index in [-0.39, 0.29) is 27.0 Å². The fourth-order valence-electron chi connectivity index (χ4n) is 1.54. The van der Waals surface area contributed by atoms with E-state index in [0.29, 0.717) is 0 Å². The zero-order chi connectivity index (χ0) is 15.6. The first-order valence-corrected chi connectivity index (χ1v) is 6.29. The van der Waals surface area contributed by atoms with E-state index in [9.17, 15) is 14.0 Å². The summed E-state index contributed by atoms with van der Waals surface area (Å²) in [6.45, 7) is 0. The number of amides is 1. The number of hydrogen-bond donors (Lipinski definition) is 2. The van der Waals surface area contributed by atoms with Gasteiger partial charge in [0.25, 0.3) is 5.91 Å². The van der Waals surface area contributed by atoms with E-state index in [1.165, 1.54) is 12.3 Å². The number of carbonyl (C=O) groups is 2. The summed E-state index contributed by atoms with van der Waals surface area (Å²) in [4.78, 5) is 26.7. The first-order chi connectivity index (χ1) is 9.88. The van der Waals surface area contributed by atoms with Gasteiger partial charge in [0.15, 0.2) is 0 Å². The van der Waals surface area contributed by atoms with Crippen LogP contribution in [-0.2, 0) is 0 Å². The fraction of sp³-hybridized carbons (Fsp3) is 0. The normalized spacial score (nSPS) is 10.2. The largest absolute Gasteiger partial charge is 0.478 e. The molecule has 2 N–H and O–H groups in total. The minimum atomic E-state index is -1.36. The zero-order valence-electron chi connectivity index (χ0n) is 10.2. The molecule has 0 saturated heterocycles. The van der Waals surface area contributed by atoms with Gasteiger partial charge < -0.3 is 10.4 Å². The number of carbonyl (C=O) groups excluding carboxylic acids is 1. The van der Waals surface area contributed by atoms with Crippen LogP contribution in [0.3, 0.4) is 0 Å². The first kappa shape index (κ1) is 15.2. The number of pyridine rings is 1. The molecule has 1 heterocycles. The number of anilines is 1. The van der Waals surface area contributed by atoms with E-state index in [0.717, 1.165) is 18.2 Å². The Morgan fingerprint density at radius 1 is 1.24 bits per heavy atom. The molecule has 0 aliphatic heterocycles. The highest BCUT2D eigenvalue weighted by Gasteiger charge is 2.15. The predicted octanol–water partition coefficient (Wildman–Crippen LogP) is 3.48. The molecular weight excluding hydrogens is 322 g/mol. The Hall–Kier alpha value is -2.18. The maximum absolute atomic E-state index is 13.0. The van der Waals surface area contributed by atoms with Crippen molar-refractivity contribution in [3.8, 4) is 0 Å². The Labute approximate surface area is 128 Å². The van der Waals surface area contributed by atoms with Gasteiger partial charge in [-0.1, -0.05) is 23.2 Å². The van der Waals surface area contributed by atoms with Gasteiger partial charge in [-0.2, -0.15) is 0 Å². The average Bonchev–Trinajstić information content (AvgIpc) is 2.43. The summed E-state index contributed by atoms with van der Waals surface area (Å²) in [6.07, 6.45) is 1.19. The number of halogens is 3. The monoisotopic (exact) mass is 328 g/mol. The van der Waals surface area contributed by atoms with Crippen LogP contribution < -0.4 is 5.32 Å². The zero-order valence-corrected chi connectivity index (χ0v) is 11.7. The van der Waals surface area contributed by atoms with E-state index >= 15 is 0 Å². The number of aromatic carboxylic acids is 1. The van der Waals surface area contributed by atoms with Gasteiger partial charge in [-0.25, -0.2) is 14.2 Å². The van der Waals surface area contributed by atoms with Crippen molar-refractivity contribution in [2.45, 2.75) is 0 Å². The molecule has 0 fully saturated rings. The Morgan fingerprint density at radius 2 is 1.95 bits per heavy atom. The lowest BCUT2D eigenvalue weighted by atomic mass is 10.1. The van der Waals surface area contributed by atoms with Gasteiger partial charge in [-0.15, -0.1) is 0 Å².